The Kier molecular flexibility index (Phi) is 3.81. The lowest BCUT2D eigenvalue weighted by Crippen LogP contribution is -2.43. The van der Waals surface area contributed by atoms with E-state index >= 15 is 0 Å². The van der Waals surface area contributed by atoms with Gasteiger partial charge in [-0.15, -0.1) is 0 Å². The molecule has 1 fully saturated rings. The summed E-state index contributed by atoms with van der Waals surface area (Å²) in [6, 6.07) is 13.1. The number of imidazole rings is 1. The number of likely N-dealkylation sites (tertiary alicyclic amines) is 1. The number of carbonyl (C=O) groups excluding carboxylic acids is 2. The Balaban J connectivity index is 1.69. The Morgan fingerprint density at radius 1 is 1.21 bits per heavy atom. The lowest BCUT2D eigenvalue weighted by molar-refractivity contribution is -0.121. The predicted molar refractivity (Wildman–Crippen MR) is 105 cm³/mol. The van der Waals surface area contributed by atoms with Gasteiger partial charge in [-0.05, 0) is 35.7 Å². The van der Waals surface area contributed by atoms with Gasteiger partial charge in [-0.3, -0.25) is 9.59 Å². The van der Waals surface area contributed by atoms with E-state index in [4.69, 9.17) is 0 Å². The molecule has 2 amide bonds. The van der Waals surface area contributed by atoms with Gasteiger partial charge in [0.05, 0.1) is 18.6 Å². The zero-order valence-corrected chi connectivity index (χ0v) is 15.8. The molecule has 2 aliphatic heterocycles. The number of nitrogens with zero attached hydrogens (tertiary/aromatic N) is 3. The molecule has 5 rings (SSSR count). The average Bonchev–Trinajstić information content (AvgIpc) is 3.40. The molecule has 3 heterocycles. The molecule has 2 aromatic carbocycles. The first-order valence-corrected chi connectivity index (χ1v) is 9.46. The highest BCUT2D eigenvalue weighted by atomic mass is 19.1. The number of nitrogens with one attached hydrogen (secondary N) is 1. The molecule has 29 heavy (non-hydrogen) atoms. The summed E-state index contributed by atoms with van der Waals surface area (Å²) in [7, 11) is 1.76. The summed E-state index contributed by atoms with van der Waals surface area (Å²) in [5.74, 6) is -0.691. The van der Waals surface area contributed by atoms with E-state index in [0.29, 0.717) is 18.7 Å². The largest absolute Gasteiger partial charge is 0.330 e. The quantitative estimate of drug-likeness (QED) is 0.731. The molecular weight excluding hydrogens is 371 g/mol. The van der Waals surface area contributed by atoms with Crippen LogP contribution in [-0.2, 0) is 17.3 Å². The molecule has 1 spiro atoms. The molecule has 3 aromatic rings. The third kappa shape index (κ3) is 2.43. The molecule has 0 bridgehead atoms. The van der Waals surface area contributed by atoms with Crippen molar-refractivity contribution >= 4 is 17.5 Å². The molecular formula is C22H19FN4O2. The first kappa shape index (κ1) is 17.6. The first-order chi connectivity index (χ1) is 14.0. The third-order valence-corrected chi connectivity index (χ3v) is 6.07. The molecule has 1 saturated heterocycles. The monoisotopic (exact) mass is 390 g/mol. The molecule has 2 atom stereocenters. The van der Waals surface area contributed by atoms with E-state index < -0.39 is 11.5 Å². The fraction of sp³-hybridized carbons (Fsp3) is 0.227. The van der Waals surface area contributed by atoms with Gasteiger partial charge in [0.15, 0.2) is 0 Å². The van der Waals surface area contributed by atoms with Gasteiger partial charge in [0.1, 0.15) is 16.9 Å². The van der Waals surface area contributed by atoms with Gasteiger partial charge in [0, 0.05) is 19.3 Å². The smallest absolute Gasteiger partial charge is 0.272 e. The standard InChI is InChI=1S/C22H19FN4O2/c1-26-13-24-12-18(26)20(28)27-11-10-22(19(27)14-6-8-15(23)9-7-14)16-4-2-3-5-17(16)25-21(22)29/h2-9,12-13,19H,10-11H2,1H3,(H,25,29). The number of carbonyl (C=O) groups is 2. The van der Waals surface area contributed by atoms with Crippen molar-refractivity contribution in [3.8, 4) is 0 Å². The van der Waals surface area contributed by atoms with Crippen molar-refractivity contribution in [1.29, 1.82) is 0 Å². The summed E-state index contributed by atoms with van der Waals surface area (Å²) in [6.07, 6.45) is 3.59. The van der Waals surface area contributed by atoms with Gasteiger partial charge in [-0.1, -0.05) is 30.3 Å². The van der Waals surface area contributed by atoms with Gasteiger partial charge in [-0.25, -0.2) is 9.37 Å². The van der Waals surface area contributed by atoms with Crippen LogP contribution in [0.3, 0.4) is 0 Å². The van der Waals surface area contributed by atoms with Gasteiger partial charge < -0.3 is 14.8 Å². The number of anilines is 1. The van der Waals surface area contributed by atoms with Crippen LogP contribution in [0.1, 0.15) is 34.1 Å². The minimum atomic E-state index is -0.914. The summed E-state index contributed by atoms with van der Waals surface area (Å²) < 4.78 is 15.3. The highest BCUT2D eigenvalue weighted by Crippen LogP contribution is 2.54. The number of aromatic nitrogens is 2. The number of para-hydroxylation sites is 1. The van der Waals surface area contributed by atoms with Crippen LogP contribution in [0.5, 0.6) is 0 Å². The SMILES string of the molecule is Cn1cncc1C(=O)N1CCC2(C(=O)Nc3ccccc32)C1c1ccc(F)cc1. The van der Waals surface area contributed by atoms with Crippen LogP contribution in [0.15, 0.2) is 61.1 Å². The minimum Gasteiger partial charge on any atom is -0.330 e. The Morgan fingerprint density at radius 3 is 2.69 bits per heavy atom. The van der Waals surface area contributed by atoms with Crippen LogP contribution in [-0.4, -0.2) is 32.8 Å². The van der Waals surface area contributed by atoms with E-state index in [2.05, 4.69) is 10.3 Å². The Hall–Kier alpha value is -3.48. The van der Waals surface area contributed by atoms with E-state index in [1.54, 1.807) is 35.0 Å². The topological polar surface area (TPSA) is 67.2 Å². The maximum atomic E-state index is 13.6. The fourth-order valence-corrected chi connectivity index (χ4v) is 4.72. The van der Waals surface area contributed by atoms with Crippen molar-refractivity contribution in [2.75, 3.05) is 11.9 Å². The molecule has 146 valence electrons. The summed E-state index contributed by atoms with van der Waals surface area (Å²) in [6.45, 7) is 0.411. The number of hydrogen-bond acceptors (Lipinski definition) is 3. The number of fused-ring (bicyclic) bond motifs is 2. The average molecular weight is 390 g/mol. The van der Waals surface area contributed by atoms with Gasteiger partial charge >= 0.3 is 0 Å². The van der Waals surface area contributed by atoms with E-state index in [1.807, 2.05) is 24.3 Å². The zero-order chi connectivity index (χ0) is 20.2. The Morgan fingerprint density at radius 2 is 1.97 bits per heavy atom. The van der Waals surface area contributed by atoms with Crippen LogP contribution < -0.4 is 5.32 Å². The van der Waals surface area contributed by atoms with Crippen molar-refractivity contribution in [3.63, 3.8) is 0 Å². The van der Waals surface area contributed by atoms with E-state index in [1.165, 1.54) is 18.3 Å². The fourth-order valence-electron chi connectivity index (χ4n) is 4.72. The molecule has 2 unspecified atom stereocenters. The predicted octanol–water partition coefficient (Wildman–Crippen LogP) is 3.04. The maximum Gasteiger partial charge on any atom is 0.272 e. The number of hydrogen-bond donors (Lipinski definition) is 1. The van der Waals surface area contributed by atoms with Crippen molar-refractivity contribution in [3.05, 3.63) is 83.7 Å². The molecule has 0 radical (unpaired) electrons. The molecule has 6 nitrogen and oxygen atoms in total. The Labute approximate surface area is 167 Å². The number of aryl methyl sites for hydroxylation is 1. The van der Waals surface area contributed by atoms with E-state index in [0.717, 1.165) is 16.8 Å². The lowest BCUT2D eigenvalue weighted by Gasteiger charge is -2.34. The molecule has 2 aliphatic rings. The van der Waals surface area contributed by atoms with Crippen molar-refractivity contribution in [1.82, 2.24) is 14.5 Å². The highest BCUT2D eigenvalue weighted by molar-refractivity contribution is 6.08. The Bertz CT molecular complexity index is 1120. The number of benzene rings is 2. The van der Waals surface area contributed by atoms with Crippen molar-refractivity contribution < 1.29 is 14.0 Å². The number of rotatable bonds is 2. The molecule has 1 N–H and O–H groups in total. The minimum absolute atomic E-state index is 0.131. The van der Waals surface area contributed by atoms with Crippen molar-refractivity contribution in [2.24, 2.45) is 7.05 Å². The van der Waals surface area contributed by atoms with Crippen LogP contribution in [0.25, 0.3) is 0 Å². The summed E-state index contributed by atoms with van der Waals surface area (Å²) >= 11 is 0. The van der Waals surface area contributed by atoms with E-state index in [9.17, 15) is 14.0 Å². The lowest BCUT2D eigenvalue weighted by atomic mass is 9.72. The third-order valence-electron chi connectivity index (χ3n) is 6.07. The van der Waals surface area contributed by atoms with Crippen LogP contribution in [0.2, 0.25) is 0 Å². The van der Waals surface area contributed by atoms with E-state index in [-0.39, 0.29) is 17.6 Å². The summed E-state index contributed by atoms with van der Waals surface area (Å²) in [5.41, 5.74) is 1.90. The molecule has 1 aromatic heterocycles. The number of halogens is 1. The van der Waals surface area contributed by atoms with Crippen LogP contribution in [0, 0.1) is 5.82 Å². The first-order valence-electron chi connectivity index (χ1n) is 9.46. The van der Waals surface area contributed by atoms with Crippen LogP contribution >= 0.6 is 0 Å². The summed E-state index contributed by atoms with van der Waals surface area (Å²) in [5, 5.41) is 2.98. The maximum absolute atomic E-state index is 13.6. The second kappa shape index (κ2) is 6.27. The second-order valence-electron chi connectivity index (χ2n) is 7.56. The van der Waals surface area contributed by atoms with Gasteiger partial charge in [0.25, 0.3) is 5.91 Å². The zero-order valence-electron chi connectivity index (χ0n) is 15.8. The normalized spacial score (nSPS) is 22.8. The second-order valence-corrected chi connectivity index (χ2v) is 7.56. The molecule has 7 heteroatoms. The summed E-state index contributed by atoms with van der Waals surface area (Å²) in [4.78, 5) is 32.4. The molecule has 0 aliphatic carbocycles. The van der Waals surface area contributed by atoms with Gasteiger partial charge in [-0.2, -0.15) is 0 Å². The van der Waals surface area contributed by atoms with Crippen LogP contribution in [0.4, 0.5) is 10.1 Å². The van der Waals surface area contributed by atoms with Gasteiger partial charge in [0.2, 0.25) is 5.91 Å². The highest BCUT2D eigenvalue weighted by Gasteiger charge is 2.59. The molecule has 0 saturated carbocycles. The van der Waals surface area contributed by atoms with Crippen molar-refractivity contribution in [2.45, 2.75) is 17.9 Å². The number of amides is 2.